The molecule has 0 radical (unpaired) electrons. The third-order valence-corrected chi connectivity index (χ3v) is 4.34. The molecule has 5 nitrogen and oxygen atoms in total. The van der Waals surface area contributed by atoms with Crippen molar-refractivity contribution < 1.29 is 14.3 Å². The molecule has 1 aliphatic rings. The molecule has 2 unspecified atom stereocenters. The van der Waals surface area contributed by atoms with E-state index in [9.17, 15) is 4.79 Å². The first-order chi connectivity index (χ1) is 9.35. The van der Waals surface area contributed by atoms with E-state index in [0.29, 0.717) is 23.5 Å². The number of benzene rings is 1. The van der Waals surface area contributed by atoms with Gasteiger partial charge in [0.15, 0.2) is 17.3 Å². The van der Waals surface area contributed by atoms with Gasteiger partial charge in [-0.2, -0.15) is 0 Å². The first kappa shape index (κ1) is 14.8. The summed E-state index contributed by atoms with van der Waals surface area (Å²) in [5.74, 6) is 0.955. The molecule has 1 saturated carbocycles. The largest absolute Gasteiger partial charge is 0.493 e. The van der Waals surface area contributed by atoms with E-state index in [-0.39, 0.29) is 5.78 Å². The molecule has 1 fully saturated rings. The Balaban J connectivity index is 2.39. The lowest BCUT2D eigenvalue weighted by Gasteiger charge is -2.36. The summed E-state index contributed by atoms with van der Waals surface area (Å²) >= 11 is 0. The minimum absolute atomic E-state index is 0.138. The SMILES string of the molecule is COc1ccc(C(=O)C2(N)CCCC2(C)N)cc1OC. The van der Waals surface area contributed by atoms with Crippen molar-refractivity contribution in [3.63, 3.8) is 0 Å². The molecule has 0 bridgehead atoms. The van der Waals surface area contributed by atoms with Crippen molar-refractivity contribution in [1.82, 2.24) is 0 Å². The summed E-state index contributed by atoms with van der Waals surface area (Å²) in [6.45, 7) is 1.85. The minimum Gasteiger partial charge on any atom is -0.493 e. The fourth-order valence-corrected chi connectivity index (χ4v) is 2.85. The van der Waals surface area contributed by atoms with Crippen LogP contribution in [-0.2, 0) is 0 Å². The fraction of sp³-hybridized carbons (Fsp3) is 0.533. The van der Waals surface area contributed by atoms with E-state index < -0.39 is 11.1 Å². The van der Waals surface area contributed by atoms with Crippen molar-refractivity contribution in [3.05, 3.63) is 23.8 Å². The zero-order chi connectivity index (χ0) is 15.0. The number of nitrogens with two attached hydrogens (primary N) is 2. The predicted octanol–water partition coefficient (Wildman–Crippen LogP) is 1.49. The van der Waals surface area contributed by atoms with E-state index in [0.717, 1.165) is 12.8 Å². The molecule has 1 aromatic carbocycles. The van der Waals surface area contributed by atoms with Crippen LogP contribution in [0.4, 0.5) is 0 Å². The molecule has 2 rings (SSSR count). The maximum atomic E-state index is 12.8. The Morgan fingerprint density at radius 1 is 1.15 bits per heavy atom. The molecule has 0 aromatic heterocycles. The van der Waals surface area contributed by atoms with Gasteiger partial charge in [-0.15, -0.1) is 0 Å². The summed E-state index contributed by atoms with van der Waals surface area (Å²) in [7, 11) is 3.09. The minimum atomic E-state index is -1.02. The lowest BCUT2D eigenvalue weighted by Crippen LogP contribution is -2.65. The van der Waals surface area contributed by atoms with Gasteiger partial charge in [0.2, 0.25) is 0 Å². The van der Waals surface area contributed by atoms with Gasteiger partial charge in [-0.05, 0) is 44.4 Å². The van der Waals surface area contributed by atoms with Crippen LogP contribution in [0.15, 0.2) is 18.2 Å². The Morgan fingerprint density at radius 3 is 2.30 bits per heavy atom. The predicted molar refractivity (Wildman–Crippen MR) is 77.2 cm³/mol. The van der Waals surface area contributed by atoms with Crippen molar-refractivity contribution in [3.8, 4) is 11.5 Å². The lowest BCUT2D eigenvalue weighted by molar-refractivity contribution is 0.0837. The van der Waals surface area contributed by atoms with Crippen molar-refractivity contribution in [2.24, 2.45) is 11.5 Å². The van der Waals surface area contributed by atoms with Crippen molar-refractivity contribution >= 4 is 5.78 Å². The van der Waals surface area contributed by atoms with Crippen LogP contribution in [0.1, 0.15) is 36.5 Å². The van der Waals surface area contributed by atoms with Gasteiger partial charge in [0.05, 0.1) is 19.8 Å². The van der Waals surface area contributed by atoms with Crippen LogP contribution in [0.3, 0.4) is 0 Å². The molecule has 2 atom stereocenters. The highest BCUT2D eigenvalue weighted by molar-refractivity contribution is 6.05. The first-order valence-electron chi connectivity index (χ1n) is 6.70. The number of hydrogen-bond donors (Lipinski definition) is 2. The highest BCUT2D eigenvalue weighted by Gasteiger charge is 2.52. The van der Waals surface area contributed by atoms with Gasteiger partial charge in [0.1, 0.15) is 0 Å². The van der Waals surface area contributed by atoms with Crippen molar-refractivity contribution in [1.29, 1.82) is 0 Å². The second kappa shape index (κ2) is 5.07. The molecule has 0 heterocycles. The number of carbonyl (C=O) groups is 1. The van der Waals surface area contributed by atoms with E-state index >= 15 is 0 Å². The van der Waals surface area contributed by atoms with Crippen molar-refractivity contribution in [2.75, 3.05) is 14.2 Å². The van der Waals surface area contributed by atoms with Gasteiger partial charge in [0, 0.05) is 11.1 Å². The molecular formula is C15H22N2O3. The van der Waals surface area contributed by atoms with E-state index in [2.05, 4.69) is 0 Å². The molecule has 1 aliphatic carbocycles. The smallest absolute Gasteiger partial charge is 0.184 e. The van der Waals surface area contributed by atoms with Crippen LogP contribution in [0.2, 0.25) is 0 Å². The Hall–Kier alpha value is -1.59. The van der Waals surface area contributed by atoms with Crippen molar-refractivity contribution in [2.45, 2.75) is 37.3 Å². The van der Waals surface area contributed by atoms with Crippen LogP contribution in [0, 0.1) is 0 Å². The highest BCUT2D eigenvalue weighted by Crippen LogP contribution is 2.38. The fourth-order valence-electron chi connectivity index (χ4n) is 2.85. The molecular weight excluding hydrogens is 256 g/mol. The number of ether oxygens (including phenoxy) is 2. The summed E-state index contributed by atoms with van der Waals surface area (Å²) < 4.78 is 10.4. The second-order valence-electron chi connectivity index (χ2n) is 5.64. The second-order valence-corrected chi connectivity index (χ2v) is 5.64. The Morgan fingerprint density at radius 2 is 1.80 bits per heavy atom. The van der Waals surface area contributed by atoms with Crippen LogP contribution >= 0.6 is 0 Å². The van der Waals surface area contributed by atoms with E-state index in [4.69, 9.17) is 20.9 Å². The Labute approximate surface area is 119 Å². The molecule has 1 aromatic rings. The third kappa shape index (κ3) is 2.17. The quantitative estimate of drug-likeness (QED) is 0.815. The van der Waals surface area contributed by atoms with Crippen LogP contribution in [-0.4, -0.2) is 31.1 Å². The Bertz CT molecular complexity index is 528. The zero-order valence-electron chi connectivity index (χ0n) is 12.2. The number of Topliss-reactive ketones (excluding diaryl/α,β-unsaturated/α-hetero) is 1. The molecule has 4 N–H and O–H groups in total. The van der Waals surface area contributed by atoms with E-state index in [1.165, 1.54) is 7.11 Å². The molecule has 0 spiro atoms. The van der Waals surface area contributed by atoms with Crippen LogP contribution in [0.25, 0.3) is 0 Å². The molecule has 20 heavy (non-hydrogen) atoms. The maximum absolute atomic E-state index is 12.8. The van der Waals surface area contributed by atoms with Gasteiger partial charge in [-0.25, -0.2) is 0 Å². The average molecular weight is 278 g/mol. The Kier molecular flexibility index (Phi) is 3.75. The molecule has 5 heteroatoms. The molecule has 0 amide bonds. The normalized spacial score (nSPS) is 29.2. The number of hydrogen-bond acceptors (Lipinski definition) is 5. The summed E-state index contributed by atoms with van der Waals surface area (Å²) in [4.78, 5) is 12.8. The molecule has 0 saturated heterocycles. The zero-order valence-corrected chi connectivity index (χ0v) is 12.2. The first-order valence-corrected chi connectivity index (χ1v) is 6.70. The highest BCUT2D eigenvalue weighted by atomic mass is 16.5. The standard InChI is InChI=1S/C15H22N2O3/c1-14(16)7-4-8-15(14,17)13(18)10-5-6-11(19-2)12(9-10)20-3/h5-6,9H,4,7-8,16-17H2,1-3H3. The summed E-state index contributed by atoms with van der Waals surface area (Å²) in [6, 6.07) is 5.06. The van der Waals surface area contributed by atoms with Gasteiger partial charge in [-0.1, -0.05) is 0 Å². The third-order valence-electron chi connectivity index (χ3n) is 4.34. The topological polar surface area (TPSA) is 87.6 Å². The molecule has 0 aliphatic heterocycles. The lowest BCUT2D eigenvalue weighted by atomic mass is 9.77. The van der Waals surface area contributed by atoms with Crippen LogP contribution < -0.4 is 20.9 Å². The maximum Gasteiger partial charge on any atom is 0.184 e. The summed E-state index contributed by atoms with van der Waals surface area (Å²) in [5.41, 5.74) is 11.3. The molecule has 110 valence electrons. The number of methoxy groups -OCH3 is 2. The summed E-state index contributed by atoms with van der Waals surface area (Å²) in [6.07, 6.45) is 2.22. The van der Waals surface area contributed by atoms with Gasteiger partial charge in [-0.3, -0.25) is 4.79 Å². The van der Waals surface area contributed by atoms with Gasteiger partial charge >= 0.3 is 0 Å². The number of rotatable bonds is 4. The van der Waals surface area contributed by atoms with Crippen LogP contribution in [0.5, 0.6) is 11.5 Å². The summed E-state index contributed by atoms with van der Waals surface area (Å²) in [5, 5.41) is 0. The van der Waals surface area contributed by atoms with Gasteiger partial charge in [0.25, 0.3) is 0 Å². The monoisotopic (exact) mass is 278 g/mol. The number of carbonyl (C=O) groups excluding carboxylic acids is 1. The average Bonchev–Trinajstić information content (AvgIpc) is 2.72. The number of ketones is 1. The van der Waals surface area contributed by atoms with Gasteiger partial charge < -0.3 is 20.9 Å². The van der Waals surface area contributed by atoms with E-state index in [1.807, 2.05) is 6.92 Å². The van der Waals surface area contributed by atoms with E-state index in [1.54, 1.807) is 25.3 Å².